The van der Waals surface area contributed by atoms with Crippen molar-refractivity contribution in [2.45, 2.75) is 6.54 Å². The summed E-state index contributed by atoms with van der Waals surface area (Å²) in [6.07, 6.45) is 1.18. The van der Waals surface area contributed by atoms with Gasteiger partial charge in [0.15, 0.2) is 5.02 Å². The molecule has 104 valence electrons. The maximum atomic E-state index is 12.7. The van der Waals surface area contributed by atoms with Crippen LogP contribution in [0.2, 0.25) is 5.02 Å². The molecular weight excluding hydrogens is 291 g/mol. The number of aromatic nitrogens is 2. The number of nitrogens with one attached hydrogen (secondary N) is 1. The van der Waals surface area contributed by atoms with Crippen molar-refractivity contribution in [3.8, 4) is 0 Å². The van der Waals surface area contributed by atoms with Gasteiger partial charge in [-0.3, -0.25) is 4.79 Å². The van der Waals surface area contributed by atoms with E-state index < -0.39 is 22.5 Å². The second kappa shape index (κ2) is 5.66. The van der Waals surface area contributed by atoms with Crippen molar-refractivity contribution in [3.63, 3.8) is 0 Å². The molecule has 0 saturated heterocycles. The second-order valence-electron chi connectivity index (χ2n) is 3.81. The zero-order chi connectivity index (χ0) is 14.7. The summed E-state index contributed by atoms with van der Waals surface area (Å²) < 4.78 is 13.7. The quantitative estimate of drug-likeness (QED) is 0.692. The van der Waals surface area contributed by atoms with Gasteiger partial charge in [-0.1, -0.05) is 11.6 Å². The van der Waals surface area contributed by atoms with E-state index in [1.54, 1.807) is 0 Å². The van der Waals surface area contributed by atoms with Crippen LogP contribution in [0.15, 0.2) is 30.5 Å². The highest BCUT2D eigenvalue weighted by Gasteiger charge is 2.20. The molecule has 0 aliphatic carbocycles. The third-order valence-corrected chi connectivity index (χ3v) is 2.57. The van der Waals surface area contributed by atoms with E-state index in [1.165, 1.54) is 30.5 Å². The number of hydrogen-bond donors (Lipinski definition) is 1. The van der Waals surface area contributed by atoms with Gasteiger partial charge in [0.05, 0.1) is 11.3 Å². The molecule has 1 aromatic heterocycles. The van der Waals surface area contributed by atoms with Gasteiger partial charge in [-0.05, 0) is 29.2 Å². The Balaban J connectivity index is 2.03. The lowest BCUT2D eigenvalue weighted by Crippen LogP contribution is -2.19. The fraction of sp³-hybridized carbons (Fsp3) is 0.0909. The normalized spacial score (nSPS) is 10.3. The highest BCUT2D eigenvalue weighted by Crippen LogP contribution is 2.21. The van der Waals surface area contributed by atoms with Crippen LogP contribution in [-0.2, 0) is 11.3 Å². The molecule has 2 aromatic rings. The molecular formula is C11H8ClFN4O3. The summed E-state index contributed by atoms with van der Waals surface area (Å²) in [6, 6.07) is 5.19. The van der Waals surface area contributed by atoms with Crippen LogP contribution in [0.4, 0.5) is 15.9 Å². The molecule has 0 aliphatic heterocycles. The van der Waals surface area contributed by atoms with Gasteiger partial charge in [-0.2, -0.15) is 4.68 Å². The molecule has 0 unspecified atom stereocenters. The number of benzene rings is 1. The minimum absolute atomic E-state index is 0.149. The van der Waals surface area contributed by atoms with E-state index in [9.17, 15) is 19.3 Å². The number of hydrogen-bond acceptors (Lipinski definition) is 4. The molecule has 2 rings (SSSR count). The predicted octanol–water partition coefficient (Wildman–Crippen LogP) is 2.22. The van der Waals surface area contributed by atoms with E-state index in [0.29, 0.717) is 5.69 Å². The molecule has 0 bridgehead atoms. The smallest absolute Gasteiger partial charge is 0.358 e. The number of anilines is 1. The van der Waals surface area contributed by atoms with Crippen LogP contribution in [0.3, 0.4) is 0 Å². The first-order chi connectivity index (χ1) is 9.45. The molecule has 9 heteroatoms. The van der Waals surface area contributed by atoms with Gasteiger partial charge in [-0.15, -0.1) is 0 Å². The van der Waals surface area contributed by atoms with Crippen molar-refractivity contribution in [2.75, 3.05) is 5.32 Å². The molecule has 1 N–H and O–H groups in total. The number of amides is 1. The molecule has 0 atom stereocenters. The van der Waals surface area contributed by atoms with Crippen LogP contribution >= 0.6 is 11.6 Å². The van der Waals surface area contributed by atoms with Crippen LogP contribution in [0.1, 0.15) is 0 Å². The zero-order valence-electron chi connectivity index (χ0n) is 9.92. The lowest BCUT2D eigenvalue weighted by atomic mass is 10.3. The third kappa shape index (κ3) is 3.29. The number of carbonyl (C=O) groups excluding carboxylic acids is 1. The van der Waals surface area contributed by atoms with Gasteiger partial charge in [0.25, 0.3) is 0 Å². The first-order valence-corrected chi connectivity index (χ1v) is 5.76. The topological polar surface area (TPSA) is 90.1 Å². The number of rotatable bonds is 4. The lowest BCUT2D eigenvalue weighted by Gasteiger charge is -2.03. The maximum Gasteiger partial charge on any atom is 0.408 e. The molecule has 0 saturated carbocycles. The highest BCUT2D eigenvalue weighted by atomic mass is 35.5. The standard InChI is InChI=1S/C11H8ClFN4O3/c12-9-5-16(15-11(9)17(19)20)6-10(18)14-8-3-1-7(13)2-4-8/h1-5H,6H2,(H,14,18). The fourth-order valence-corrected chi connectivity index (χ4v) is 1.69. The average Bonchev–Trinajstić information content (AvgIpc) is 2.73. The van der Waals surface area contributed by atoms with Crippen molar-refractivity contribution in [1.29, 1.82) is 0 Å². The second-order valence-corrected chi connectivity index (χ2v) is 4.22. The van der Waals surface area contributed by atoms with E-state index in [4.69, 9.17) is 11.6 Å². The summed E-state index contributed by atoms with van der Waals surface area (Å²) in [6.45, 7) is -0.245. The summed E-state index contributed by atoms with van der Waals surface area (Å²) >= 11 is 5.60. The van der Waals surface area contributed by atoms with Crippen LogP contribution in [0, 0.1) is 15.9 Å². The minimum atomic E-state index is -0.739. The van der Waals surface area contributed by atoms with E-state index in [2.05, 4.69) is 10.4 Å². The lowest BCUT2D eigenvalue weighted by molar-refractivity contribution is -0.389. The Labute approximate surface area is 117 Å². The van der Waals surface area contributed by atoms with E-state index in [-0.39, 0.29) is 11.6 Å². The highest BCUT2D eigenvalue weighted by molar-refractivity contribution is 6.32. The molecule has 1 amide bonds. The average molecular weight is 299 g/mol. The molecule has 0 radical (unpaired) electrons. The van der Waals surface area contributed by atoms with E-state index in [1.807, 2.05) is 0 Å². The van der Waals surface area contributed by atoms with Gasteiger partial charge in [0.1, 0.15) is 12.4 Å². The van der Waals surface area contributed by atoms with Gasteiger partial charge in [0, 0.05) is 5.69 Å². The van der Waals surface area contributed by atoms with Gasteiger partial charge >= 0.3 is 5.82 Å². The first-order valence-electron chi connectivity index (χ1n) is 5.38. The Morgan fingerprint density at radius 3 is 2.65 bits per heavy atom. The Bertz CT molecular complexity index is 656. The Morgan fingerprint density at radius 2 is 2.10 bits per heavy atom. The van der Waals surface area contributed by atoms with Crippen LogP contribution in [-0.4, -0.2) is 20.6 Å². The summed E-state index contributed by atoms with van der Waals surface area (Å²) in [5.41, 5.74) is 0.407. The van der Waals surface area contributed by atoms with Crippen LogP contribution in [0.5, 0.6) is 0 Å². The Kier molecular flexibility index (Phi) is 3.94. The number of nitro groups is 1. The molecule has 0 fully saturated rings. The van der Waals surface area contributed by atoms with Gasteiger partial charge < -0.3 is 15.4 Å². The molecule has 0 aliphatic rings. The number of nitrogens with zero attached hydrogens (tertiary/aromatic N) is 3. The molecule has 0 spiro atoms. The largest absolute Gasteiger partial charge is 0.408 e. The molecule has 7 nitrogen and oxygen atoms in total. The fourth-order valence-electron chi connectivity index (χ4n) is 1.47. The maximum absolute atomic E-state index is 12.7. The van der Waals surface area contributed by atoms with Crippen molar-refractivity contribution in [3.05, 3.63) is 51.4 Å². The molecule has 1 aromatic carbocycles. The van der Waals surface area contributed by atoms with Gasteiger partial charge in [0.2, 0.25) is 5.91 Å². The molecule has 20 heavy (non-hydrogen) atoms. The van der Waals surface area contributed by atoms with Crippen molar-refractivity contribution < 1.29 is 14.1 Å². The SMILES string of the molecule is O=C(Cn1cc(Cl)c([N+](=O)[O-])n1)Nc1ccc(F)cc1. The Hall–Kier alpha value is -2.48. The van der Waals surface area contributed by atoms with Crippen molar-refractivity contribution >= 4 is 29.0 Å². The van der Waals surface area contributed by atoms with Gasteiger partial charge in [-0.25, -0.2) is 4.39 Å². The van der Waals surface area contributed by atoms with E-state index >= 15 is 0 Å². The summed E-state index contributed by atoms with van der Waals surface area (Å²) in [4.78, 5) is 21.5. The van der Waals surface area contributed by atoms with Crippen molar-refractivity contribution in [2.24, 2.45) is 0 Å². The Morgan fingerprint density at radius 1 is 1.45 bits per heavy atom. The summed E-state index contributed by atoms with van der Waals surface area (Å²) in [5.74, 6) is -1.40. The van der Waals surface area contributed by atoms with Crippen LogP contribution < -0.4 is 5.32 Å². The van der Waals surface area contributed by atoms with Crippen LogP contribution in [0.25, 0.3) is 0 Å². The third-order valence-electron chi connectivity index (χ3n) is 2.31. The summed E-state index contributed by atoms with van der Waals surface area (Å²) in [7, 11) is 0. The van der Waals surface area contributed by atoms with E-state index in [0.717, 1.165) is 4.68 Å². The zero-order valence-corrected chi connectivity index (χ0v) is 10.7. The molecule has 1 heterocycles. The minimum Gasteiger partial charge on any atom is -0.358 e. The van der Waals surface area contributed by atoms with Crippen molar-refractivity contribution in [1.82, 2.24) is 9.78 Å². The number of halogens is 2. The first kappa shape index (κ1) is 13.9. The predicted molar refractivity (Wildman–Crippen MR) is 68.9 cm³/mol. The number of carbonyl (C=O) groups is 1. The monoisotopic (exact) mass is 298 g/mol. The summed E-state index contributed by atoms with van der Waals surface area (Å²) in [5, 5.41) is 16.5.